The van der Waals surface area contributed by atoms with Crippen LogP contribution in [0, 0.1) is 11.3 Å². The third kappa shape index (κ3) is 4.20. The molecule has 1 saturated heterocycles. The Bertz CT molecular complexity index is 1220. The minimum atomic E-state index is -3.45. The highest BCUT2D eigenvalue weighted by Gasteiger charge is 2.49. The van der Waals surface area contributed by atoms with Gasteiger partial charge in [-0.25, -0.2) is 13.2 Å². The Labute approximate surface area is 186 Å². The maximum Gasteiger partial charge on any atom is 0.325 e. The van der Waals surface area contributed by atoms with E-state index in [1.807, 2.05) is 6.07 Å². The van der Waals surface area contributed by atoms with Gasteiger partial charge in [-0.15, -0.1) is 0 Å². The molecular formula is C22H22N4O5S. The lowest BCUT2D eigenvalue weighted by molar-refractivity contribution is -0.130. The fourth-order valence-corrected chi connectivity index (χ4v) is 4.55. The summed E-state index contributed by atoms with van der Waals surface area (Å²) >= 11 is 0. The predicted molar refractivity (Wildman–Crippen MR) is 117 cm³/mol. The van der Waals surface area contributed by atoms with Gasteiger partial charge in [-0.1, -0.05) is 12.1 Å². The van der Waals surface area contributed by atoms with Crippen molar-refractivity contribution in [2.45, 2.75) is 19.4 Å². The van der Waals surface area contributed by atoms with Crippen LogP contribution in [0.5, 0.6) is 0 Å². The van der Waals surface area contributed by atoms with Crippen molar-refractivity contribution in [3.63, 3.8) is 0 Å². The molecule has 1 aliphatic rings. The van der Waals surface area contributed by atoms with E-state index in [-0.39, 0.29) is 12.1 Å². The van der Waals surface area contributed by atoms with Gasteiger partial charge in [0, 0.05) is 12.1 Å². The molecule has 0 radical (unpaired) electrons. The van der Waals surface area contributed by atoms with Crippen molar-refractivity contribution in [1.82, 2.24) is 10.2 Å². The van der Waals surface area contributed by atoms with E-state index in [4.69, 9.17) is 5.26 Å². The number of rotatable bonds is 7. The predicted octanol–water partition coefficient (Wildman–Crippen LogP) is 1.99. The number of Topliss-reactive ketones (excluding diaryl/α,β-unsaturated/α-hetero) is 1. The van der Waals surface area contributed by atoms with Gasteiger partial charge < -0.3 is 5.32 Å². The van der Waals surface area contributed by atoms with Crippen LogP contribution in [0.3, 0.4) is 0 Å². The Morgan fingerprint density at radius 3 is 2.22 bits per heavy atom. The summed E-state index contributed by atoms with van der Waals surface area (Å²) in [6.07, 6.45) is 1.10. The number of anilines is 1. The van der Waals surface area contributed by atoms with Crippen LogP contribution in [0.4, 0.5) is 10.5 Å². The number of nitrogens with one attached hydrogen (secondary N) is 1. The van der Waals surface area contributed by atoms with Crippen LogP contribution in [0.15, 0.2) is 48.5 Å². The van der Waals surface area contributed by atoms with Gasteiger partial charge in [0.05, 0.1) is 30.1 Å². The average Bonchev–Trinajstić information content (AvgIpc) is 2.97. The van der Waals surface area contributed by atoms with Crippen molar-refractivity contribution < 1.29 is 22.8 Å². The van der Waals surface area contributed by atoms with Crippen LogP contribution in [0.25, 0.3) is 0 Å². The van der Waals surface area contributed by atoms with Crippen molar-refractivity contribution in [3.8, 4) is 6.07 Å². The van der Waals surface area contributed by atoms with Gasteiger partial charge in [-0.3, -0.25) is 18.8 Å². The zero-order chi connectivity index (χ0) is 23.7. The highest BCUT2D eigenvalue weighted by atomic mass is 32.2. The molecule has 0 spiro atoms. The van der Waals surface area contributed by atoms with E-state index in [1.54, 1.807) is 38.1 Å². The summed E-state index contributed by atoms with van der Waals surface area (Å²) in [5.41, 5.74) is 0.212. The van der Waals surface area contributed by atoms with E-state index in [9.17, 15) is 22.8 Å². The highest BCUT2D eigenvalue weighted by Crippen LogP contribution is 2.29. The molecule has 0 saturated carbocycles. The largest absolute Gasteiger partial charge is 0.325 e. The SMILES string of the molecule is CCN(c1ccc(C(=O)CN2C(=O)NC(C)(c3ccc(C#N)cc3)C2=O)cc1)S(C)(=O)=O. The monoisotopic (exact) mass is 454 g/mol. The Morgan fingerprint density at radius 2 is 1.72 bits per heavy atom. The molecule has 0 bridgehead atoms. The van der Waals surface area contributed by atoms with Crippen LogP contribution in [0.2, 0.25) is 0 Å². The maximum atomic E-state index is 13.0. The number of benzene rings is 2. The summed E-state index contributed by atoms with van der Waals surface area (Å²) in [7, 11) is -3.45. The third-order valence-electron chi connectivity index (χ3n) is 5.33. The summed E-state index contributed by atoms with van der Waals surface area (Å²) in [6.45, 7) is 3.02. The van der Waals surface area contributed by atoms with Gasteiger partial charge in [0.1, 0.15) is 5.54 Å². The van der Waals surface area contributed by atoms with E-state index in [0.717, 1.165) is 11.2 Å². The smallest absolute Gasteiger partial charge is 0.319 e. The number of ketones is 1. The zero-order valence-corrected chi connectivity index (χ0v) is 18.6. The summed E-state index contributed by atoms with van der Waals surface area (Å²) in [5, 5.41) is 11.6. The fraction of sp³-hybridized carbons (Fsp3) is 0.273. The van der Waals surface area contributed by atoms with Gasteiger partial charge in [-0.05, 0) is 55.8 Å². The molecule has 2 aromatic carbocycles. The lowest BCUT2D eigenvalue weighted by atomic mass is 9.91. The highest BCUT2D eigenvalue weighted by molar-refractivity contribution is 7.92. The number of imide groups is 1. The number of amides is 3. The first-order chi connectivity index (χ1) is 15.0. The Balaban J connectivity index is 1.78. The van der Waals surface area contributed by atoms with Crippen LogP contribution < -0.4 is 9.62 Å². The number of sulfonamides is 1. The number of hydrogen-bond donors (Lipinski definition) is 1. The van der Waals surface area contributed by atoms with Gasteiger partial charge in [-0.2, -0.15) is 5.26 Å². The number of nitriles is 1. The average molecular weight is 455 g/mol. The minimum Gasteiger partial charge on any atom is -0.319 e. The van der Waals surface area contributed by atoms with E-state index in [0.29, 0.717) is 16.8 Å². The molecule has 0 aromatic heterocycles. The zero-order valence-electron chi connectivity index (χ0n) is 17.8. The minimum absolute atomic E-state index is 0.239. The second-order valence-electron chi connectivity index (χ2n) is 7.53. The molecule has 1 atom stereocenters. The molecular weight excluding hydrogens is 432 g/mol. The molecule has 1 aliphatic heterocycles. The molecule has 9 nitrogen and oxygen atoms in total. The molecule has 1 heterocycles. The fourth-order valence-electron chi connectivity index (χ4n) is 3.57. The maximum absolute atomic E-state index is 13.0. The summed E-state index contributed by atoms with van der Waals surface area (Å²) in [4.78, 5) is 39.1. The van der Waals surface area contributed by atoms with E-state index in [2.05, 4.69) is 5.32 Å². The number of hydrogen-bond acceptors (Lipinski definition) is 6. The van der Waals surface area contributed by atoms with Crippen molar-refractivity contribution in [2.75, 3.05) is 23.7 Å². The molecule has 10 heteroatoms. The molecule has 166 valence electrons. The molecule has 3 amide bonds. The quantitative estimate of drug-likeness (QED) is 0.503. The molecule has 1 unspecified atom stereocenters. The van der Waals surface area contributed by atoms with Crippen LogP contribution >= 0.6 is 0 Å². The van der Waals surface area contributed by atoms with Gasteiger partial charge in [0.2, 0.25) is 10.0 Å². The molecule has 1 fully saturated rings. The van der Waals surface area contributed by atoms with Crippen molar-refractivity contribution in [3.05, 3.63) is 65.2 Å². The summed E-state index contributed by atoms with van der Waals surface area (Å²) in [5.74, 6) is -1.04. The Hall–Kier alpha value is -3.71. The number of carbonyl (C=O) groups is 3. The first-order valence-electron chi connectivity index (χ1n) is 9.77. The molecule has 32 heavy (non-hydrogen) atoms. The van der Waals surface area contributed by atoms with E-state index < -0.39 is 39.8 Å². The van der Waals surface area contributed by atoms with Gasteiger partial charge in [0.25, 0.3) is 5.91 Å². The van der Waals surface area contributed by atoms with Crippen molar-refractivity contribution in [1.29, 1.82) is 5.26 Å². The van der Waals surface area contributed by atoms with Crippen LogP contribution in [0.1, 0.15) is 35.3 Å². The normalized spacial score (nSPS) is 18.2. The van der Waals surface area contributed by atoms with Gasteiger partial charge in [0.15, 0.2) is 5.78 Å². The molecule has 1 N–H and O–H groups in total. The van der Waals surface area contributed by atoms with Crippen molar-refractivity contribution >= 4 is 33.4 Å². The summed E-state index contributed by atoms with van der Waals surface area (Å²) in [6, 6.07) is 13.5. The van der Waals surface area contributed by atoms with Crippen LogP contribution in [-0.2, 0) is 20.4 Å². The van der Waals surface area contributed by atoms with Crippen molar-refractivity contribution in [2.24, 2.45) is 0 Å². The lowest BCUT2D eigenvalue weighted by Gasteiger charge is -2.22. The molecule has 2 aromatic rings. The first-order valence-corrected chi connectivity index (χ1v) is 11.6. The summed E-state index contributed by atoms with van der Waals surface area (Å²) < 4.78 is 24.9. The van der Waals surface area contributed by atoms with E-state index >= 15 is 0 Å². The third-order valence-corrected chi connectivity index (χ3v) is 6.60. The second kappa shape index (κ2) is 8.43. The standard InChI is InChI=1S/C22H22N4O5S/c1-4-26(32(3,30)31)18-11-7-16(8-12-18)19(27)14-25-20(28)22(2,24-21(25)29)17-9-5-15(13-23)6-10-17/h5-12H,4,14H2,1-3H3,(H,24,29). The van der Waals surface area contributed by atoms with E-state index in [1.165, 1.54) is 28.6 Å². The molecule has 0 aliphatic carbocycles. The first kappa shape index (κ1) is 23.0. The topological polar surface area (TPSA) is 128 Å². The Morgan fingerprint density at radius 1 is 1.12 bits per heavy atom. The van der Waals surface area contributed by atoms with Gasteiger partial charge >= 0.3 is 6.03 Å². The number of carbonyl (C=O) groups excluding carboxylic acids is 3. The lowest BCUT2D eigenvalue weighted by Crippen LogP contribution is -2.41. The second-order valence-corrected chi connectivity index (χ2v) is 9.44. The van der Waals surface area contributed by atoms with Crippen LogP contribution in [-0.4, -0.2) is 50.4 Å². The number of nitrogens with zero attached hydrogens (tertiary/aromatic N) is 3. The number of urea groups is 1. The Kier molecular flexibility index (Phi) is 6.05. The molecule has 3 rings (SSSR count).